The number of alkyl halides is 3. The lowest BCUT2D eigenvalue weighted by Crippen LogP contribution is -2.19. The molecule has 0 bridgehead atoms. The molecule has 70 valence electrons. The van der Waals surface area contributed by atoms with E-state index in [1.54, 1.807) is 0 Å². The largest absolute Gasteiger partial charge is 0.453 e. The number of ether oxygens (including phenoxy) is 1. The third-order valence-electron chi connectivity index (χ3n) is 0.695. The van der Waals surface area contributed by atoms with Crippen LogP contribution in [0.5, 0.6) is 0 Å². The minimum atomic E-state index is -4.47. The van der Waals surface area contributed by atoms with Gasteiger partial charge < -0.3 is 4.74 Å². The summed E-state index contributed by atoms with van der Waals surface area (Å²) in [6.45, 7) is -0.0442. The molecule has 0 unspecified atom stereocenters. The SMILES string of the molecule is C/C(Br)=C/C(=O)OCC(F)(F)F. The third-order valence-corrected chi connectivity index (χ3v) is 0.924. The van der Waals surface area contributed by atoms with Gasteiger partial charge >= 0.3 is 12.1 Å². The van der Waals surface area contributed by atoms with Gasteiger partial charge in [-0.1, -0.05) is 15.9 Å². The molecule has 0 radical (unpaired) electrons. The first-order chi connectivity index (χ1) is 5.31. The smallest absolute Gasteiger partial charge is 0.422 e. The van der Waals surface area contributed by atoms with E-state index in [4.69, 9.17) is 0 Å². The molecule has 0 aliphatic rings. The molecule has 0 aromatic carbocycles. The first kappa shape index (κ1) is 11.5. The number of esters is 1. The molecule has 6 heteroatoms. The van der Waals surface area contributed by atoms with Gasteiger partial charge in [0.2, 0.25) is 0 Å². The Morgan fingerprint density at radius 3 is 2.42 bits per heavy atom. The molecule has 0 amide bonds. The summed E-state index contributed by atoms with van der Waals surface area (Å²) in [4.78, 5) is 10.5. The first-order valence-electron chi connectivity index (χ1n) is 2.88. The molecule has 0 spiro atoms. The number of hydrogen-bond donors (Lipinski definition) is 0. The third kappa shape index (κ3) is 7.59. The van der Waals surface area contributed by atoms with E-state index >= 15 is 0 Å². The van der Waals surface area contributed by atoms with Crippen molar-refractivity contribution >= 4 is 21.9 Å². The van der Waals surface area contributed by atoms with Crippen LogP contribution in [0.4, 0.5) is 13.2 Å². The molecule has 0 aliphatic carbocycles. The fourth-order valence-corrected chi connectivity index (χ4v) is 0.544. The van der Waals surface area contributed by atoms with Crippen LogP contribution in [0.15, 0.2) is 10.6 Å². The molecule has 0 saturated carbocycles. The van der Waals surface area contributed by atoms with Gasteiger partial charge in [0.1, 0.15) is 0 Å². The van der Waals surface area contributed by atoms with Gasteiger partial charge in [-0.3, -0.25) is 0 Å². The van der Waals surface area contributed by atoms with Crippen molar-refractivity contribution in [1.82, 2.24) is 0 Å². The molecule has 0 saturated heterocycles. The molecule has 0 N–H and O–H groups in total. The highest BCUT2D eigenvalue weighted by atomic mass is 79.9. The fourth-order valence-electron chi connectivity index (χ4n) is 0.357. The van der Waals surface area contributed by atoms with Gasteiger partial charge in [-0.05, 0) is 11.4 Å². The molecular weight excluding hydrogens is 241 g/mol. The van der Waals surface area contributed by atoms with Crippen molar-refractivity contribution in [2.24, 2.45) is 0 Å². The molecule has 12 heavy (non-hydrogen) atoms. The lowest BCUT2D eigenvalue weighted by Gasteiger charge is -2.05. The molecule has 0 atom stereocenters. The van der Waals surface area contributed by atoms with Crippen molar-refractivity contribution in [2.45, 2.75) is 13.1 Å². The monoisotopic (exact) mass is 246 g/mol. The van der Waals surface area contributed by atoms with Crippen molar-refractivity contribution in [2.75, 3.05) is 6.61 Å². The zero-order chi connectivity index (χ0) is 9.78. The van der Waals surface area contributed by atoms with Crippen molar-refractivity contribution in [1.29, 1.82) is 0 Å². The van der Waals surface area contributed by atoms with Gasteiger partial charge in [0.15, 0.2) is 6.61 Å². The summed E-state index contributed by atoms with van der Waals surface area (Å²) in [6, 6.07) is 0. The summed E-state index contributed by atoms with van der Waals surface area (Å²) in [7, 11) is 0. The highest BCUT2D eigenvalue weighted by Gasteiger charge is 2.29. The molecule has 0 aromatic heterocycles. The highest BCUT2D eigenvalue weighted by molar-refractivity contribution is 9.11. The molecule has 2 nitrogen and oxygen atoms in total. The standard InChI is InChI=1S/C6H6BrF3O2/c1-4(7)2-5(11)12-3-6(8,9)10/h2H,3H2,1H3/b4-2-. The number of hydrogen-bond acceptors (Lipinski definition) is 2. The Balaban J connectivity index is 3.81. The predicted molar refractivity (Wildman–Crippen MR) is 39.7 cm³/mol. The van der Waals surface area contributed by atoms with Crippen LogP contribution in [-0.2, 0) is 9.53 Å². The Labute approximate surface area is 75.5 Å². The average Bonchev–Trinajstić information content (AvgIpc) is 1.80. The van der Waals surface area contributed by atoms with Crippen LogP contribution in [0.25, 0.3) is 0 Å². The Kier molecular flexibility index (Phi) is 4.30. The van der Waals surface area contributed by atoms with Gasteiger partial charge in [0.25, 0.3) is 0 Å². The Bertz CT molecular complexity index is 193. The minimum absolute atomic E-state index is 0.412. The Hall–Kier alpha value is -0.520. The maximum absolute atomic E-state index is 11.4. The van der Waals surface area contributed by atoms with E-state index in [-0.39, 0.29) is 0 Å². The lowest BCUT2D eigenvalue weighted by molar-refractivity contribution is -0.182. The van der Waals surface area contributed by atoms with Crippen LogP contribution < -0.4 is 0 Å². The van der Waals surface area contributed by atoms with Gasteiger partial charge in [0, 0.05) is 6.08 Å². The lowest BCUT2D eigenvalue weighted by atomic mass is 10.5. The van der Waals surface area contributed by atoms with Crippen molar-refractivity contribution in [3.05, 3.63) is 10.6 Å². The van der Waals surface area contributed by atoms with Gasteiger partial charge in [-0.25, -0.2) is 4.79 Å². The van der Waals surface area contributed by atoms with E-state index in [1.165, 1.54) is 6.92 Å². The van der Waals surface area contributed by atoms with Crippen molar-refractivity contribution in [3.63, 3.8) is 0 Å². The predicted octanol–water partition coefficient (Wildman–Crippen LogP) is 2.39. The average molecular weight is 247 g/mol. The summed E-state index contributed by atoms with van der Waals surface area (Å²) >= 11 is 2.87. The normalized spacial score (nSPS) is 12.9. The second-order valence-electron chi connectivity index (χ2n) is 1.95. The maximum atomic E-state index is 11.4. The van der Waals surface area contributed by atoms with Crippen LogP contribution in [0.2, 0.25) is 0 Å². The number of allylic oxidation sites excluding steroid dienone is 1. The molecule has 0 aromatic rings. The van der Waals surface area contributed by atoms with Crippen LogP contribution in [0, 0.1) is 0 Å². The summed E-state index contributed by atoms with van der Waals surface area (Å²) in [5.74, 6) is -1.01. The van der Waals surface area contributed by atoms with Crippen LogP contribution >= 0.6 is 15.9 Å². The molecular formula is C6H6BrF3O2. The number of carbonyl (C=O) groups is 1. The van der Waals surface area contributed by atoms with Crippen molar-refractivity contribution < 1.29 is 22.7 Å². The van der Waals surface area contributed by atoms with Crippen LogP contribution in [-0.4, -0.2) is 18.8 Å². The van der Waals surface area contributed by atoms with Gasteiger partial charge in [-0.15, -0.1) is 0 Å². The van der Waals surface area contributed by atoms with E-state index in [1.807, 2.05) is 0 Å². The van der Waals surface area contributed by atoms with E-state index in [2.05, 4.69) is 20.7 Å². The summed E-state index contributed by atoms with van der Waals surface area (Å²) < 4.78 is 38.6. The van der Waals surface area contributed by atoms with Gasteiger partial charge in [-0.2, -0.15) is 13.2 Å². The molecule has 0 heterocycles. The van der Waals surface area contributed by atoms with Crippen LogP contribution in [0.1, 0.15) is 6.92 Å². The highest BCUT2D eigenvalue weighted by Crippen LogP contribution is 2.14. The Morgan fingerprint density at radius 1 is 1.58 bits per heavy atom. The van der Waals surface area contributed by atoms with E-state index < -0.39 is 18.8 Å². The second kappa shape index (κ2) is 4.49. The van der Waals surface area contributed by atoms with E-state index in [9.17, 15) is 18.0 Å². The summed E-state index contributed by atoms with van der Waals surface area (Å²) in [5, 5.41) is 0. The first-order valence-corrected chi connectivity index (χ1v) is 3.68. The van der Waals surface area contributed by atoms with Gasteiger partial charge in [0.05, 0.1) is 0 Å². The van der Waals surface area contributed by atoms with E-state index in [0.717, 1.165) is 6.08 Å². The second-order valence-corrected chi connectivity index (χ2v) is 3.20. The number of carbonyl (C=O) groups excluding carboxylic acids is 1. The minimum Gasteiger partial charge on any atom is -0.453 e. The zero-order valence-electron chi connectivity index (χ0n) is 6.11. The number of rotatable bonds is 2. The quantitative estimate of drug-likeness (QED) is 0.553. The Morgan fingerprint density at radius 2 is 2.08 bits per heavy atom. The summed E-state index contributed by atoms with van der Waals surface area (Å²) in [6.07, 6.45) is -3.55. The molecule has 0 rings (SSSR count). The maximum Gasteiger partial charge on any atom is 0.422 e. The number of halogens is 4. The summed E-state index contributed by atoms with van der Waals surface area (Å²) in [5.41, 5.74) is 0. The molecule has 0 aliphatic heterocycles. The molecule has 0 fully saturated rings. The van der Waals surface area contributed by atoms with Crippen LogP contribution in [0.3, 0.4) is 0 Å². The van der Waals surface area contributed by atoms with Crippen molar-refractivity contribution in [3.8, 4) is 0 Å². The van der Waals surface area contributed by atoms with E-state index in [0.29, 0.717) is 4.48 Å². The zero-order valence-corrected chi connectivity index (χ0v) is 7.70. The topological polar surface area (TPSA) is 26.3 Å². The fraction of sp³-hybridized carbons (Fsp3) is 0.500.